The second-order valence-corrected chi connectivity index (χ2v) is 14.4. The molecule has 49 heavy (non-hydrogen) atoms. The summed E-state index contributed by atoms with van der Waals surface area (Å²) < 4.78 is 29.3. The lowest BCUT2D eigenvalue weighted by Gasteiger charge is -2.48. The van der Waals surface area contributed by atoms with Crippen LogP contribution in [0.5, 0.6) is 0 Å². The van der Waals surface area contributed by atoms with Crippen LogP contribution in [0.2, 0.25) is 0 Å². The van der Waals surface area contributed by atoms with Crippen LogP contribution in [0.15, 0.2) is 59.4 Å². The van der Waals surface area contributed by atoms with Crippen molar-refractivity contribution in [1.29, 1.82) is 0 Å². The Hall–Kier alpha value is -2.31. The summed E-state index contributed by atoms with van der Waals surface area (Å²) in [6.45, 7) is 16.7. The summed E-state index contributed by atoms with van der Waals surface area (Å²) in [4.78, 5) is 13.7. The second kappa shape index (κ2) is 19.3. The van der Waals surface area contributed by atoms with Crippen molar-refractivity contribution in [3.63, 3.8) is 0 Å². The van der Waals surface area contributed by atoms with E-state index in [4.69, 9.17) is 23.7 Å². The zero-order chi connectivity index (χ0) is 37.2. The van der Waals surface area contributed by atoms with Gasteiger partial charge in [0.05, 0.1) is 37.6 Å². The molecule has 0 spiro atoms. The lowest BCUT2D eigenvalue weighted by atomic mass is 9.77. The number of ether oxygens (including phenoxy) is 5. The number of carbonyl (C=O) groups is 1. The maximum Gasteiger partial charge on any atom is 0.373 e. The molecule has 0 aliphatic carbocycles. The molecule has 10 heteroatoms. The molecule has 0 bridgehead atoms. The lowest BCUT2D eigenvalue weighted by Crippen LogP contribution is -2.58. The molecule has 0 saturated carbocycles. The minimum absolute atomic E-state index is 0.0249. The van der Waals surface area contributed by atoms with Crippen molar-refractivity contribution in [2.45, 2.75) is 124 Å². The SMILES string of the molecule is C/C=C/[C@H]1O[C@@](O)([C@@H](C)[C@H](O)[C@H](C)[C@H]2OC(=O)/C(OC)=C/C(C)=C/[C@@H](C)[C@@H](O)C(C)[C@@H](O)[C@H](C)C/C(C)=C/C=C[C@@H]2OC)C[C@@H](OC)[C@@H]1C. The molecule has 14 atom stereocenters. The van der Waals surface area contributed by atoms with Crippen LogP contribution in [0.3, 0.4) is 0 Å². The molecule has 2 aliphatic rings. The van der Waals surface area contributed by atoms with Crippen LogP contribution >= 0.6 is 0 Å². The van der Waals surface area contributed by atoms with E-state index in [1.807, 2.05) is 65.8 Å². The van der Waals surface area contributed by atoms with Gasteiger partial charge in [-0.2, -0.15) is 0 Å². The van der Waals surface area contributed by atoms with Crippen molar-refractivity contribution in [2.24, 2.45) is 35.5 Å². The fraction of sp³-hybridized carbons (Fsp3) is 0.718. The van der Waals surface area contributed by atoms with Crippen molar-refractivity contribution >= 4 is 5.97 Å². The standard InChI is InChI=1S/C39H64O10/c1-13-15-30-26(6)33(47-12)21-39(44,49-30)29(9)36(42)28(8)37-31(45-10)17-14-16-22(2)18-24(4)34(40)27(7)35(41)25(5)19-23(3)20-32(46-11)38(43)48-37/h13-17,19-20,24-31,33-37,40-42,44H,18,21H2,1-12H3/b15-13+,17-14?,22-16+,23-19+,32-20-/t24-,25-,26-,27?,28+,29+,30-,31+,33-,34+,35-,36-,37-,39-/m1/s1. The minimum Gasteiger partial charge on any atom is -0.490 e. The summed E-state index contributed by atoms with van der Waals surface area (Å²) in [5.41, 5.74) is 1.66. The van der Waals surface area contributed by atoms with E-state index in [-0.39, 0.29) is 36.0 Å². The molecule has 2 heterocycles. The third kappa shape index (κ3) is 11.1. The number of esters is 1. The molecule has 2 aliphatic heterocycles. The minimum atomic E-state index is -1.73. The quantitative estimate of drug-likeness (QED) is 0.196. The molecule has 0 aromatic heterocycles. The number of aliphatic hydroxyl groups excluding tert-OH is 3. The van der Waals surface area contributed by atoms with Gasteiger partial charge in [-0.1, -0.05) is 89.1 Å². The Morgan fingerprint density at radius 1 is 1.02 bits per heavy atom. The van der Waals surface area contributed by atoms with E-state index in [2.05, 4.69) is 0 Å². The average Bonchev–Trinajstić information content (AvgIpc) is 3.07. The summed E-state index contributed by atoms with van der Waals surface area (Å²) in [7, 11) is 4.46. The van der Waals surface area contributed by atoms with Gasteiger partial charge in [0, 0.05) is 50.2 Å². The zero-order valence-corrected chi connectivity index (χ0v) is 31.7. The van der Waals surface area contributed by atoms with Crippen molar-refractivity contribution in [3.05, 3.63) is 59.4 Å². The maximum absolute atomic E-state index is 13.7. The second-order valence-electron chi connectivity index (χ2n) is 14.4. The molecular formula is C39H64O10. The molecule has 0 amide bonds. The molecule has 10 nitrogen and oxygen atoms in total. The molecule has 0 aromatic carbocycles. The van der Waals surface area contributed by atoms with Crippen molar-refractivity contribution in [3.8, 4) is 0 Å². The number of methoxy groups -OCH3 is 3. The van der Waals surface area contributed by atoms with E-state index in [0.29, 0.717) is 12.0 Å². The number of cyclic esters (lactones) is 1. The highest BCUT2D eigenvalue weighted by Crippen LogP contribution is 2.41. The first-order valence-electron chi connectivity index (χ1n) is 17.6. The Morgan fingerprint density at radius 3 is 2.24 bits per heavy atom. The van der Waals surface area contributed by atoms with Gasteiger partial charge in [-0.05, 0) is 39.2 Å². The van der Waals surface area contributed by atoms with Crippen LogP contribution in [0.4, 0.5) is 0 Å². The molecule has 2 rings (SSSR count). The zero-order valence-electron chi connectivity index (χ0n) is 31.7. The first kappa shape index (κ1) is 42.9. The van der Waals surface area contributed by atoms with Crippen LogP contribution < -0.4 is 0 Å². The molecule has 1 unspecified atom stereocenters. The van der Waals surface area contributed by atoms with E-state index in [1.165, 1.54) is 20.3 Å². The predicted octanol–water partition coefficient (Wildman–Crippen LogP) is 5.26. The van der Waals surface area contributed by atoms with Crippen LogP contribution in [0, 0.1) is 35.5 Å². The largest absolute Gasteiger partial charge is 0.490 e. The maximum atomic E-state index is 13.7. The molecule has 1 fully saturated rings. The number of hydrogen-bond acceptors (Lipinski definition) is 10. The summed E-state index contributed by atoms with van der Waals surface area (Å²) >= 11 is 0. The van der Waals surface area contributed by atoms with Gasteiger partial charge in [0.1, 0.15) is 12.2 Å². The van der Waals surface area contributed by atoms with Crippen LogP contribution in [0.1, 0.15) is 75.2 Å². The van der Waals surface area contributed by atoms with Gasteiger partial charge >= 0.3 is 5.97 Å². The third-order valence-electron chi connectivity index (χ3n) is 10.6. The van der Waals surface area contributed by atoms with Gasteiger partial charge in [-0.15, -0.1) is 0 Å². The van der Waals surface area contributed by atoms with E-state index < -0.39 is 66.1 Å². The van der Waals surface area contributed by atoms with E-state index >= 15 is 0 Å². The van der Waals surface area contributed by atoms with Gasteiger partial charge in [0.15, 0.2) is 5.79 Å². The Labute approximate surface area is 294 Å². The van der Waals surface area contributed by atoms with Gasteiger partial charge in [-0.25, -0.2) is 4.79 Å². The highest BCUT2D eigenvalue weighted by molar-refractivity contribution is 5.87. The first-order chi connectivity index (χ1) is 23.0. The first-order valence-corrected chi connectivity index (χ1v) is 17.6. The van der Waals surface area contributed by atoms with E-state index in [9.17, 15) is 25.2 Å². The summed E-state index contributed by atoms with van der Waals surface area (Å²) in [5.74, 6) is -5.01. The highest BCUT2D eigenvalue weighted by Gasteiger charge is 2.51. The molecule has 0 aromatic rings. The molecular weight excluding hydrogens is 628 g/mol. The fourth-order valence-corrected chi connectivity index (χ4v) is 7.16. The predicted molar refractivity (Wildman–Crippen MR) is 190 cm³/mol. The van der Waals surface area contributed by atoms with Gasteiger partial charge in [0.2, 0.25) is 5.76 Å². The third-order valence-corrected chi connectivity index (χ3v) is 10.6. The molecule has 280 valence electrons. The number of rotatable bonds is 8. The molecule has 0 radical (unpaired) electrons. The lowest BCUT2D eigenvalue weighted by molar-refractivity contribution is -0.315. The summed E-state index contributed by atoms with van der Waals surface area (Å²) in [6.07, 6.45) is 7.99. The highest BCUT2D eigenvalue weighted by atomic mass is 16.6. The van der Waals surface area contributed by atoms with Crippen LogP contribution in [-0.2, 0) is 28.5 Å². The van der Waals surface area contributed by atoms with Gasteiger partial charge in [-0.3, -0.25) is 0 Å². The van der Waals surface area contributed by atoms with Crippen molar-refractivity contribution in [1.82, 2.24) is 0 Å². The topological polar surface area (TPSA) is 144 Å². The Kier molecular flexibility index (Phi) is 16.9. The number of allylic oxidation sites excluding steroid dienone is 6. The van der Waals surface area contributed by atoms with Crippen molar-refractivity contribution < 1.29 is 48.9 Å². The van der Waals surface area contributed by atoms with E-state index in [1.54, 1.807) is 40.0 Å². The van der Waals surface area contributed by atoms with Crippen molar-refractivity contribution in [2.75, 3.05) is 21.3 Å². The van der Waals surface area contributed by atoms with Crippen LogP contribution in [0.25, 0.3) is 0 Å². The van der Waals surface area contributed by atoms with Gasteiger partial charge in [0.25, 0.3) is 0 Å². The smallest absolute Gasteiger partial charge is 0.373 e. The Bertz CT molecular complexity index is 1210. The van der Waals surface area contributed by atoms with E-state index in [0.717, 1.165) is 5.57 Å². The summed E-state index contributed by atoms with van der Waals surface area (Å²) in [6, 6.07) is 0. The molecule has 1 saturated heterocycles. The number of hydrogen-bond donors (Lipinski definition) is 4. The van der Waals surface area contributed by atoms with Crippen LogP contribution in [-0.4, -0.2) is 96.2 Å². The monoisotopic (exact) mass is 692 g/mol. The molecule has 4 N–H and O–H groups in total. The fourth-order valence-electron chi connectivity index (χ4n) is 7.16. The Balaban J connectivity index is 2.58. The normalized spacial score (nSPS) is 41.1. The summed E-state index contributed by atoms with van der Waals surface area (Å²) in [5, 5.41) is 45.9. The number of aliphatic hydroxyl groups is 4. The van der Waals surface area contributed by atoms with Gasteiger partial charge < -0.3 is 44.1 Å². The average molecular weight is 693 g/mol. The Morgan fingerprint density at radius 2 is 1.67 bits per heavy atom. The number of carbonyl (C=O) groups excluding carboxylic acids is 1.